The van der Waals surface area contributed by atoms with E-state index in [9.17, 15) is 9.59 Å². The van der Waals surface area contributed by atoms with E-state index in [1.54, 1.807) is 0 Å². The summed E-state index contributed by atoms with van der Waals surface area (Å²) in [4.78, 5) is 32.6. The van der Waals surface area contributed by atoms with Crippen LogP contribution in [-0.2, 0) is 14.3 Å². The molecule has 27 heavy (non-hydrogen) atoms. The Kier molecular flexibility index (Phi) is 6.33. The van der Waals surface area contributed by atoms with Gasteiger partial charge in [0.25, 0.3) is 0 Å². The number of hydrogen-bond donors (Lipinski definition) is 0. The molecule has 152 valence electrons. The Morgan fingerprint density at radius 2 is 1.33 bits per heavy atom. The van der Waals surface area contributed by atoms with Gasteiger partial charge in [0.05, 0.1) is 19.3 Å². The lowest BCUT2D eigenvalue weighted by Gasteiger charge is -2.43. The quantitative estimate of drug-likeness (QED) is 0.749. The zero-order chi connectivity index (χ0) is 18.6. The van der Waals surface area contributed by atoms with Gasteiger partial charge in [-0.3, -0.25) is 14.5 Å². The number of morpholine rings is 1. The molecule has 0 aromatic heterocycles. The molecule has 2 aliphatic carbocycles. The number of ether oxygens (including phenoxy) is 1. The number of carbonyl (C=O) groups is 2. The van der Waals surface area contributed by atoms with Crippen molar-refractivity contribution in [3.05, 3.63) is 0 Å². The van der Waals surface area contributed by atoms with Gasteiger partial charge in [-0.2, -0.15) is 0 Å². The fourth-order valence-electron chi connectivity index (χ4n) is 5.55. The highest BCUT2D eigenvalue weighted by atomic mass is 16.5. The highest BCUT2D eigenvalue weighted by Gasteiger charge is 2.40. The Balaban J connectivity index is 1.38. The van der Waals surface area contributed by atoms with Gasteiger partial charge in [0.2, 0.25) is 11.8 Å². The van der Waals surface area contributed by atoms with Crippen LogP contribution >= 0.6 is 0 Å². The van der Waals surface area contributed by atoms with Crippen LogP contribution in [0.3, 0.4) is 0 Å². The Bertz CT molecular complexity index is 515. The fourth-order valence-corrected chi connectivity index (χ4v) is 5.55. The van der Waals surface area contributed by atoms with Crippen molar-refractivity contribution in [3.63, 3.8) is 0 Å². The maximum absolute atomic E-state index is 13.4. The van der Waals surface area contributed by atoms with E-state index in [0.29, 0.717) is 30.9 Å². The van der Waals surface area contributed by atoms with Gasteiger partial charge < -0.3 is 14.5 Å². The lowest BCUT2D eigenvalue weighted by atomic mass is 9.94. The van der Waals surface area contributed by atoms with Crippen molar-refractivity contribution in [1.82, 2.24) is 14.7 Å². The molecule has 2 saturated heterocycles. The average molecular weight is 378 g/mol. The Hall–Kier alpha value is -1.14. The van der Waals surface area contributed by atoms with Gasteiger partial charge in [-0.05, 0) is 31.6 Å². The van der Waals surface area contributed by atoms with E-state index in [2.05, 4.69) is 9.80 Å². The van der Waals surface area contributed by atoms with Gasteiger partial charge in [0.15, 0.2) is 0 Å². The van der Waals surface area contributed by atoms with Crippen LogP contribution in [0.1, 0.15) is 51.4 Å². The molecule has 4 fully saturated rings. The van der Waals surface area contributed by atoms with Crippen LogP contribution in [0.25, 0.3) is 0 Å². The van der Waals surface area contributed by atoms with Crippen molar-refractivity contribution in [2.75, 3.05) is 52.5 Å². The molecule has 0 N–H and O–H groups in total. The van der Waals surface area contributed by atoms with Crippen LogP contribution in [0.2, 0.25) is 0 Å². The first kappa shape index (κ1) is 19.2. The van der Waals surface area contributed by atoms with Crippen molar-refractivity contribution in [3.8, 4) is 0 Å². The maximum atomic E-state index is 13.4. The second kappa shape index (κ2) is 8.91. The number of carbonyl (C=O) groups excluding carboxylic acids is 2. The van der Waals surface area contributed by atoms with Crippen molar-refractivity contribution in [1.29, 1.82) is 0 Å². The molecule has 0 unspecified atom stereocenters. The van der Waals surface area contributed by atoms with E-state index in [1.165, 1.54) is 38.5 Å². The molecule has 1 atom stereocenters. The van der Waals surface area contributed by atoms with Crippen LogP contribution < -0.4 is 0 Å². The lowest BCUT2D eigenvalue weighted by Crippen LogP contribution is -2.59. The third kappa shape index (κ3) is 4.32. The molecule has 0 aromatic rings. The normalized spacial score (nSPS) is 27.3. The SMILES string of the molecule is O=C(C1CCCC1)N1CCN([C@H](C(=O)N2CCOCC2)C2CCCC2)CC1. The van der Waals surface area contributed by atoms with Crippen molar-refractivity contribution in [2.45, 2.75) is 57.4 Å². The monoisotopic (exact) mass is 377 g/mol. The summed E-state index contributed by atoms with van der Waals surface area (Å²) in [5.74, 6) is 1.42. The predicted octanol–water partition coefficient (Wildman–Crippen LogP) is 1.74. The number of amides is 2. The van der Waals surface area contributed by atoms with Gasteiger partial charge in [-0.1, -0.05) is 25.7 Å². The molecular formula is C21H35N3O3. The zero-order valence-electron chi connectivity index (χ0n) is 16.6. The minimum atomic E-state index is 0.00864. The number of piperazine rings is 1. The minimum absolute atomic E-state index is 0.00864. The highest BCUT2D eigenvalue weighted by molar-refractivity contribution is 5.82. The number of hydrogen-bond acceptors (Lipinski definition) is 4. The summed E-state index contributed by atoms with van der Waals surface area (Å²) in [5.41, 5.74) is 0. The van der Waals surface area contributed by atoms with E-state index in [0.717, 1.165) is 52.1 Å². The molecule has 6 heteroatoms. The minimum Gasteiger partial charge on any atom is -0.378 e. The smallest absolute Gasteiger partial charge is 0.240 e. The van der Waals surface area contributed by atoms with E-state index in [1.807, 2.05) is 4.90 Å². The molecule has 0 spiro atoms. The van der Waals surface area contributed by atoms with Crippen molar-refractivity contribution < 1.29 is 14.3 Å². The second-order valence-corrected chi connectivity index (χ2v) is 8.77. The van der Waals surface area contributed by atoms with Crippen LogP contribution in [0.5, 0.6) is 0 Å². The lowest BCUT2D eigenvalue weighted by molar-refractivity contribution is -0.145. The molecular weight excluding hydrogens is 342 g/mol. The summed E-state index contributed by atoms with van der Waals surface area (Å²) in [6.07, 6.45) is 9.38. The second-order valence-electron chi connectivity index (χ2n) is 8.77. The molecule has 0 radical (unpaired) electrons. The maximum Gasteiger partial charge on any atom is 0.240 e. The third-order valence-corrected chi connectivity index (χ3v) is 7.15. The highest BCUT2D eigenvalue weighted by Crippen LogP contribution is 2.33. The van der Waals surface area contributed by atoms with Crippen LogP contribution in [0, 0.1) is 11.8 Å². The molecule has 6 nitrogen and oxygen atoms in total. The molecule has 4 rings (SSSR count). The molecule has 0 aromatic carbocycles. The van der Waals surface area contributed by atoms with E-state index in [-0.39, 0.29) is 12.0 Å². The molecule has 0 bridgehead atoms. The molecule has 4 aliphatic rings. The standard InChI is InChI=1S/C21H35N3O3/c25-20(18-7-3-4-8-18)23-11-9-22(10-12-23)19(17-5-1-2-6-17)21(26)24-13-15-27-16-14-24/h17-19H,1-16H2/t19-/m0/s1. The van der Waals surface area contributed by atoms with E-state index in [4.69, 9.17) is 4.74 Å². The summed E-state index contributed by atoms with van der Waals surface area (Å²) >= 11 is 0. The number of nitrogens with zero attached hydrogens (tertiary/aromatic N) is 3. The first-order valence-corrected chi connectivity index (χ1v) is 11.1. The first-order chi connectivity index (χ1) is 13.2. The van der Waals surface area contributed by atoms with Crippen LogP contribution in [0.4, 0.5) is 0 Å². The Morgan fingerprint density at radius 1 is 0.741 bits per heavy atom. The molecule has 2 saturated carbocycles. The van der Waals surface area contributed by atoms with E-state index < -0.39 is 0 Å². The van der Waals surface area contributed by atoms with Crippen molar-refractivity contribution in [2.24, 2.45) is 11.8 Å². The zero-order valence-corrected chi connectivity index (χ0v) is 16.6. The van der Waals surface area contributed by atoms with E-state index >= 15 is 0 Å². The average Bonchev–Trinajstić information content (AvgIpc) is 3.43. The summed E-state index contributed by atoms with van der Waals surface area (Å²) in [7, 11) is 0. The van der Waals surface area contributed by atoms with Crippen molar-refractivity contribution >= 4 is 11.8 Å². The molecule has 2 heterocycles. The van der Waals surface area contributed by atoms with Crippen LogP contribution in [0.15, 0.2) is 0 Å². The topological polar surface area (TPSA) is 53.1 Å². The summed E-state index contributed by atoms with van der Waals surface area (Å²) < 4.78 is 5.44. The van der Waals surface area contributed by atoms with Gasteiger partial charge >= 0.3 is 0 Å². The summed E-state index contributed by atoms with van der Waals surface area (Å²) in [6, 6.07) is 0.00864. The predicted molar refractivity (Wildman–Crippen MR) is 103 cm³/mol. The summed E-state index contributed by atoms with van der Waals surface area (Å²) in [6.45, 7) is 6.03. The van der Waals surface area contributed by atoms with Gasteiger partial charge in [-0.15, -0.1) is 0 Å². The summed E-state index contributed by atoms with van der Waals surface area (Å²) in [5, 5.41) is 0. The van der Waals surface area contributed by atoms with Gasteiger partial charge in [0.1, 0.15) is 0 Å². The van der Waals surface area contributed by atoms with Crippen LogP contribution in [-0.4, -0.2) is 85.0 Å². The Morgan fingerprint density at radius 3 is 1.96 bits per heavy atom. The van der Waals surface area contributed by atoms with Gasteiger partial charge in [0, 0.05) is 45.2 Å². The third-order valence-electron chi connectivity index (χ3n) is 7.15. The number of rotatable bonds is 4. The van der Waals surface area contributed by atoms with Gasteiger partial charge in [-0.25, -0.2) is 0 Å². The fraction of sp³-hybridized carbons (Fsp3) is 0.905. The molecule has 2 amide bonds. The molecule has 2 aliphatic heterocycles. The Labute approximate surface area is 163 Å². The first-order valence-electron chi connectivity index (χ1n) is 11.1. The largest absolute Gasteiger partial charge is 0.378 e.